The minimum Gasteiger partial charge on any atom is -0.481 e. The smallest absolute Gasteiger partial charge is 0.330 e. The molecule has 1 aliphatic carbocycles. The normalized spacial score (nSPS) is 25.0. The first kappa shape index (κ1) is 18.1. The number of carbonyl (C=O) groups is 2. The third kappa shape index (κ3) is 3.32. The first-order chi connectivity index (χ1) is 11.2. The summed E-state index contributed by atoms with van der Waals surface area (Å²) in [4.78, 5) is 23.4. The number of hydrogen-bond acceptors (Lipinski definition) is 3. The zero-order chi connectivity index (χ0) is 18.0. The zero-order valence-electron chi connectivity index (χ0n) is 13.5. The Labute approximate surface area is 139 Å². The van der Waals surface area contributed by atoms with Gasteiger partial charge in [0.25, 0.3) is 6.43 Å². The van der Waals surface area contributed by atoms with Crippen molar-refractivity contribution in [1.82, 2.24) is 0 Å². The molecule has 0 bridgehead atoms. The van der Waals surface area contributed by atoms with Crippen molar-refractivity contribution in [2.24, 2.45) is 16.7 Å². The van der Waals surface area contributed by atoms with Gasteiger partial charge in [-0.25, -0.2) is 13.6 Å². The van der Waals surface area contributed by atoms with Crippen LogP contribution in [0.1, 0.15) is 19.4 Å². The molecule has 24 heavy (non-hydrogen) atoms. The summed E-state index contributed by atoms with van der Waals surface area (Å²) in [7, 11) is 0. The predicted octanol–water partition coefficient (Wildman–Crippen LogP) is 3.32. The van der Waals surface area contributed by atoms with Gasteiger partial charge in [-0.15, -0.1) is 0 Å². The maximum Gasteiger partial charge on any atom is 0.330 e. The molecule has 2 rings (SSSR count). The van der Waals surface area contributed by atoms with Crippen LogP contribution in [-0.2, 0) is 20.7 Å². The van der Waals surface area contributed by atoms with E-state index in [0.29, 0.717) is 6.42 Å². The molecule has 0 radical (unpaired) electrons. The van der Waals surface area contributed by atoms with Crippen molar-refractivity contribution in [1.29, 1.82) is 0 Å². The second-order valence-electron chi connectivity index (χ2n) is 6.52. The maximum atomic E-state index is 12.0. The van der Waals surface area contributed by atoms with Crippen molar-refractivity contribution in [3.63, 3.8) is 0 Å². The van der Waals surface area contributed by atoms with Gasteiger partial charge in [0.1, 0.15) is 0 Å². The Kier molecular flexibility index (Phi) is 5.06. The van der Waals surface area contributed by atoms with E-state index in [2.05, 4.69) is 4.74 Å². The molecular formula is C18H20F2O4. The summed E-state index contributed by atoms with van der Waals surface area (Å²) < 4.78 is 28.4. The van der Waals surface area contributed by atoms with Crippen LogP contribution >= 0.6 is 0 Å². The fraction of sp³-hybridized carbons (Fsp3) is 0.444. The predicted molar refractivity (Wildman–Crippen MR) is 83.6 cm³/mol. The van der Waals surface area contributed by atoms with Crippen LogP contribution in [0.5, 0.6) is 0 Å². The van der Waals surface area contributed by atoms with Crippen molar-refractivity contribution in [3.8, 4) is 0 Å². The van der Waals surface area contributed by atoms with E-state index in [1.807, 2.05) is 44.2 Å². The van der Waals surface area contributed by atoms with Crippen molar-refractivity contribution < 1.29 is 28.2 Å². The lowest BCUT2D eigenvalue weighted by Crippen LogP contribution is -2.24. The molecule has 0 saturated heterocycles. The molecule has 1 aromatic carbocycles. The topological polar surface area (TPSA) is 63.6 Å². The number of benzene rings is 1. The maximum absolute atomic E-state index is 12.0. The highest BCUT2D eigenvalue weighted by atomic mass is 19.3. The van der Waals surface area contributed by atoms with E-state index in [9.17, 15) is 23.5 Å². The van der Waals surface area contributed by atoms with Crippen molar-refractivity contribution in [2.45, 2.75) is 26.7 Å². The number of carbonyl (C=O) groups excluding carboxylic acids is 1. The molecule has 1 aliphatic rings. The molecule has 0 aromatic heterocycles. The molecule has 1 fully saturated rings. The van der Waals surface area contributed by atoms with Crippen molar-refractivity contribution >= 4 is 11.9 Å². The number of rotatable bonds is 7. The van der Waals surface area contributed by atoms with Crippen LogP contribution in [0, 0.1) is 16.7 Å². The number of alkyl halides is 2. The van der Waals surface area contributed by atoms with E-state index >= 15 is 0 Å². The third-order valence-corrected chi connectivity index (χ3v) is 4.86. The lowest BCUT2D eigenvalue weighted by Gasteiger charge is -2.15. The number of esters is 1. The fourth-order valence-electron chi connectivity index (χ4n) is 3.41. The van der Waals surface area contributed by atoms with Gasteiger partial charge in [-0.2, -0.15) is 0 Å². The van der Waals surface area contributed by atoms with Gasteiger partial charge < -0.3 is 9.84 Å². The van der Waals surface area contributed by atoms with Crippen LogP contribution in [0.15, 0.2) is 42.5 Å². The number of carboxylic acids is 1. The summed E-state index contributed by atoms with van der Waals surface area (Å²) in [6, 6.07) is 9.25. The third-order valence-electron chi connectivity index (χ3n) is 4.86. The van der Waals surface area contributed by atoms with Gasteiger partial charge in [-0.3, -0.25) is 4.79 Å². The van der Waals surface area contributed by atoms with Crippen LogP contribution < -0.4 is 0 Å². The largest absolute Gasteiger partial charge is 0.481 e. The number of halogens is 2. The highest BCUT2D eigenvalue weighted by Crippen LogP contribution is 2.71. The van der Waals surface area contributed by atoms with Crippen molar-refractivity contribution in [3.05, 3.63) is 48.0 Å². The van der Waals surface area contributed by atoms with Crippen LogP contribution in [0.3, 0.4) is 0 Å². The van der Waals surface area contributed by atoms with E-state index in [1.165, 1.54) is 6.08 Å². The van der Waals surface area contributed by atoms with Gasteiger partial charge in [-0.05, 0) is 17.4 Å². The second-order valence-corrected chi connectivity index (χ2v) is 6.52. The molecule has 1 N–H and O–H groups in total. The van der Waals surface area contributed by atoms with E-state index in [-0.39, 0.29) is 5.92 Å². The summed E-state index contributed by atoms with van der Waals surface area (Å²) in [6.07, 6.45) is 0.114. The standard InChI is InChI=1S/C18H20F2O4/c1-17(2)13(8-9-15(21)24-11-14(19)20)18(17,16(22)23)10-12-6-4-3-5-7-12/h3-9,13-14H,10-11H2,1-2H3,(H,22,23)/t13-,18+/m1/s1. The molecule has 1 saturated carbocycles. The summed E-state index contributed by atoms with van der Waals surface area (Å²) in [6.45, 7) is 2.68. The lowest BCUT2D eigenvalue weighted by atomic mass is 9.88. The zero-order valence-corrected chi connectivity index (χ0v) is 13.5. The molecule has 0 aliphatic heterocycles. The van der Waals surface area contributed by atoms with Crippen molar-refractivity contribution in [2.75, 3.05) is 6.61 Å². The summed E-state index contributed by atoms with van der Waals surface area (Å²) in [5, 5.41) is 9.76. The number of hydrogen-bond donors (Lipinski definition) is 1. The summed E-state index contributed by atoms with van der Waals surface area (Å²) >= 11 is 0. The molecule has 0 unspecified atom stereocenters. The van der Waals surface area contributed by atoms with Gasteiger partial charge in [0.05, 0.1) is 5.41 Å². The highest BCUT2D eigenvalue weighted by Gasteiger charge is 2.74. The monoisotopic (exact) mass is 338 g/mol. The molecule has 0 spiro atoms. The van der Waals surface area contributed by atoms with E-state index < -0.39 is 35.8 Å². The average Bonchev–Trinajstić information content (AvgIpc) is 2.99. The van der Waals surface area contributed by atoms with E-state index in [1.54, 1.807) is 0 Å². The number of allylic oxidation sites excluding steroid dienone is 1. The summed E-state index contributed by atoms with van der Waals surface area (Å²) in [5.41, 5.74) is -0.702. The number of ether oxygens (including phenoxy) is 1. The average molecular weight is 338 g/mol. The molecule has 130 valence electrons. The molecule has 1 aromatic rings. The van der Waals surface area contributed by atoms with Gasteiger partial charge in [0, 0.05) is 12.0 Å². The molecule has 2 atom stereocenters. The van der Waals surface area contributed by atoms with Gasteiger partial charge in [-0.1, -0.05) is 50.3 Å². The Bertz CT molecular complexity index is 640. The molecule has 4 nitrogen and oxygen atoms in total. The quantitative estimate of drug-likeness (QED) is 0.612. The Morgan fingerprint density at radius 2 is 1.92 bits per heavy atom. The Morgan fingerprint density at radius 3 is 2.46 bits per heavy atom. The Balaban J connectivity index is 2.14. The number of carboxylic acid groups (broad SMARTS) is 1. The van der Waals surface area contributed by atoms with E-state index in [0.717, 1.165) is 11.6 Å². The summed E-state index contributed by atoms with van der Waals surface area (Å²) in [5.74, 6) is -2.22. The lowest BCUT2D eigenvalue weighted by molar-refractivity contribution is -0.145. The van der Waals surface area contributed by atoms with Gasteiger partial charge >= 0.3 is 11.9 Å². The number of aliphatic carboxylic acids is 1. The fourth-order valence-corrected chi connectivity index (χ4v) is 3.41. The minimum atomic E-state index is -2.73. The minimum absolute atomic E-state index is 0.331. The SMILES string of the molecule is CC1(C)[C@@H](C=CC(=O)OCC(F)F)[C@@]1(Cc1ccccc1)C(=O)O. The van der Waals surface area contributed by atoms with Gasteiger partial charge in [0.15, 0.2) is 6.61 Å². The molecule has 6 heteroatoms. The Morgan fingerprint density at radius 1 is 1.29 bits per heavy atom. The highest BCUT2D eigenvalue weighted by molar-refractivity contribution is 5.85. The van der Waals surface area contributed by atoms with Crippen LogP contribution in [0.2, 0.25) is 0 Å². The second kappa shape index (κ2) is 6.71. The first-order valence-electron chi connectivity index (χ1n) is 7.62. The molecule has 0 amide bonds. The van der Waals surface area contributed by atoms with Crippen LogP contribution in [0.4, 0.5) is 8.78 Å². The molecule has 0 heterocycles. The Hall–Kier alpha value is -2.24. The first-order valence-corrected chi connectivity index (χ1v) is 7.62. The molecular weight excluding hydrogens is 318 g/mol. The van der Waals surface area contributed by atoms with Crippen LogP contribution in [-0.4, -0.2) is 30.1 Å². The van der Waals surface area contributed by atoms with Crippen LogP contribution in [0.25, 0.3) is 0 Å². The van der Waals surface area contributed by atoms with E-state index in [4.69, 9.17) is 0 Å². The van der Waals surface area contributed by atoms with Gasteiger partial charge in [0.2, 0.25) is 0 Å².